The monoisotopic (exact) mass is 286 g/mol. The van der Waals surface area contributed by atoms with Gasteiger partial charge in [0.2, 0.25) is 0 Å². The van der Waals surface area contributed by atoms with Crippen molar-refractivity contribution >= 4 is 22.7 Å². The van der Waals surface area contributed by atoms with Gasteiger partial charge in [-0.1, -0.05) is 18.9 Å². The van der Waals surface area contributed by atoms with Gasteiger partial charge in [-0.25, -0.2) is 9.78 Å². The second kappa shape index (κ2) is 5.69. The SMILES string of the molecule is O=C(O)c1cccc2nc(NC3CCCCC3O)ccc12. The highest BCUT2D eigenvalue weighted by Gasteiger charge is 2.23. The Morgan fingerprint density at radius 1 is 1.19 bits per heavy atom. The van der Waals surface area contributed by atoms with E-state index in [1.807, 2.05) is 0 Å². The summed E-state index contributed by atoms with van der Waals surface area (Å²) in [5.74, 6) is -0.276. The largest absolute Gasteiger partial charge is 0.478 e. The first kappa shape index (κ1) is 13.8. The number of aromatic carboxylic acids is 1. The number of hydrogen-bond donors (Lipinski definition) is 3. The van der Waals surface area contributed by atoms with Crippen molar-refractivity contribution in [3.63, 3.8) is 0 Å². The van der Waals surface area contributed by atoms with Crippen LogP contribution in [0.4, 0.5) is 5.82 Å². The number of aliphatic hydroxyl groups excluding tert-OH is 1. The van der Waals surface area contributed by atoms with Crippen LogP contribution in [0.3, 0.4) is 0 Å². The van der Waals surface area contributed by atoms with Crippen LogP contribution in [0.15, 0.2) is 30.3 Å². The van der Waals surface area contributed by atoms with Crippen molar-refractivity contribution in [1.29, 1.82) is 0 Å². The van der Waals surface area contributed by atoms with E-state index < -0.39 is 5.97 Å². The molecule has 1 aromatic carbocycles. The number of anilines is 1. The number of aromatic nitrogens is 1. The molecule has 0 radical (unpaired) electrons. The van der Waals surface area contributed by atoms with Gasteiger partial charge in [-0.2, -0.15) is 0 Å². The summed E-state index contributed by atoms with van der Waals surface area (Å²) < 4.78 is 0. The highest BCUT2D eigenvalue weighted by Crippen LogP contribution is 2.24. The van der Waals surface area contributed by atoms with Crippen LogP contribution in [0.1, 0.15) is 36.0 Å². The molecule has 0 spiro atoms. The number of hydrogen-bond acceptors (Lipinski definition) is 4. The van der Waals surface area contributed by atoms with Crippen LogP contribution in [0.5, 0.6) is 0 Å². The first-order valence-corrected chi connectivity index (χ1v) is 7.23. The molecule has 2 aromatic rings. The molecule has 0 aliphatic heterocycles. The minimum Gasteiger partial charge on any atom is -0.478 e. The first-order chi connectivity index (χ1) is 10.1. The second-order valence-corrected chi connectivity index (χ2v) is 5.48. The first-order valence-electron chi connectivity index (χ1n) is 7.23. The van der Waals surface area contributed by atoms with Crippen molar-refractivity contribution in [3.05, 3.63) is 35.9 Å². The Balaban J connectivity index is 1.89. The van der Waals surface area contributed by atoms with E-state index in [9.17, 15) is 15.0 Å². The molecule has 2 atom stereocenters. The van der Waals surface area contributed by atoms with Gasteiger partial charge >= 0.3 is 5.97 Å². The fourth-order valence-electron chi connectivity index (χ4n) is 2.89. The van der Waals surface area contributed by atoms with Crippen LogP contribution < -0.4 is 5.32 Å². The molecular weight excluding hydrogens is 268 g/mol. The van der Waals surface area contributed by atoms with Gasteiger partial charge in [0.15, 0.2) is 0 Å². The van der Waals surface area contributed by atoms with E-state index in [1.54, 1.807) is 30.3 Å². The molecule has 1 fully saturated rings. The molecule has 110 valence electrons. The summed E-state index contributed by atoms with van der Waals surface area (Å²) in [6, 6.07) is 8.62. The number of carboxylic acids is 1. The third kappa shape index (κ3) is 2.83. The molecular formula is C16H18N2O3. The van der Waals surface area contributed by atoms with Gasteiger partial charge in [-0.3, -0.25) is 0 Å². The van der Waals surface area contributed by atoms with Crippen molar-refractivity contribution in [1.82, 2.24) is 4.98 Å². The third-order valence-corrected chi connectivity index (χ3v) is 4.03. The minimum atomic E-state index is -0.953. The molecule has 0 saturated heterocycles. The van der Waals surface area contributed by atoms with E-state index in [1.165, 1.54) is 0 Å². The quantitative estimate of drug-likeness (QED) is 0.808. The molecule has 1 heterocycles. The standard InChI is InChI=1S/C16H18N2O3/c19-14-7-2-1-5-13(14)18-15-9-8-10-11(16(20)21)4-3-6-12(10)17-15/h3-4,6,8-9,13-14,19H,1-2,5,7H2,(H,17,18)(H,20,21). The third-order valence-electron chi connectivity index (χ3n) is 4.03. The van der Waals surface area contributed by atoms with Crippen molar-refractivity contribution in [2.24, 2.45) is 0 Å². The summed E-state index contributed by atoms with van der Waals surface area (Å²) in [6.45, 7) is 0. The lowest BCUT2D eigenvalue weighted by Crippen LogP contribution is -2.36. The molecule has 0 bridgehead atoms. The number of fused-ring (bicyclic) bond motifs is 1. The van der Waals surface area contributed by atoms with Crippen LogP contribution in [0.25, 0.3) is 10.9 Å². The molecule has 0 amide bonds. The van der Waals surface area contributed by atoms with E-state index in [0.29, 0.717) is 16.7 Å². The maximum Gasteiger partial charge on any atom is 0.336 e. The highest BCUT2D eigenvalue weighted by molar-refractivity contribution is 6.02. The molecule has 1 aromatic heterocycles. The second-order valence-electron chi connectivity index (χ2n) is 5.48. The van der Waals surface area contributed by atoms with Gasteiger partial charge in [-0.05, 0) is 37.1 Å². The lowest BCUT2D eigenvalue weighted by Gasteiger charge is -2.28. The summed E-state index contributed by atoms with van der Waals surface area (Å²) in [7, 11) is 0. The molecule has 2 unspecified atom stereocenters. The fourth-order valence-corrected chi connectivity index (χ4v) is 2.89. The van der Waals surface area contributed by atoms with Crippen LogP contribution in [0, 0.1) is 0 Å². The van der Waals surface area contributed by atoms with Crippen LogP contribution in [-0.2, 0) is 0 Å². The topological polar surface area (TPSA) is 82.5 Å². The minimum absolute atomic E-state index is 0.0198. The lowest BCUT2D eigenvalue weighted by molar-refractivity contribution is 0.0699. The maximum atomic E-state index is 11.2. The van der Waals surface area contributed by atoms with E-state index in [2.05, 4.69) is 10.3 Å². The number of carboxylic acid groups (broad SMARTS) is 1. The molecule has 3 rings (SSSR count). The van der Waals surface area contributed by atoms with Gasteiger partial charge in [0.05, 0.1) is 23.2 Å². The number of carbonyl (C=O) groups is 1. The Morgan fingerprint density at radius 2 is 2.00 bits per heavy atom. The van der Waals surface area contributed by atoms with E-state index in [0.717, 1.165) is 25.7 Å². The number of pyridine rings is 1. The number of rotatable bonds is 3. The Kier molecular flexibility index (Phi) is 3.75. The molecule has 5 nitrogen and oxygen atoms in total. The van der Waals surface area contributed by atoms with Crippen molar-refractivity contribution < 1.29 is 15.0 Å². The molecule has 21 heavy (non-hydrogen) atoms. The van der Waals surface area contributed by atoms with Gasteiger partial charge in [-0.15, -0.1) is 0 Å². The zero-order valence-corrected chi connectivity index (χ0v) is 11.6. The average molecular weight is 286 g/mol. The normalized spacial score (nSPS) is 22.1. The van der Waals surface area contributed by atoms with Crippen molar-refractivity contribution in [3.8, 4) is 0 Å². The smallest absolute Gasteiger partial charge is 0.336 e. The predicted octanol–water partition coefficient (Wildman–Crippen LogP) is 2.65. The number of aliphatic hydroxyl groups is 1. The fraction of sp³-hybridized carbons (Fsp3) is 0.375. The van der Waals surface area contributed by atoms with Gasteiger partial charge in [0, 0.05) is 5.39 Å². The Bertz CT molecular complexity index is 672. The van der Waals surface area contributed by atoms with Gasteiger partial charge in [0.1, 0.15) is 5.82 Å². The Morgan fingerprint density at radius 3 is 2.76 bits per heavy atom. The summed E-state index contributed by atoms with van der Waals surface area (Å²) in [4.78, 5) is 15.6. The number of benzene rings is 1. The Hall–Kier alpha value is -2.14. The number of nitrogens with zero attached hydrogens (tertiary/aromatic N) is 1. The van der Waals surface area contributed by atoms with Crippen LogP contribution in [-0.4, -0.2) is 33.3 Å². The van der Waals surface area contributed by atoms with Gasteiger partial charge in [0.25, 0.3) is 0 Å². The summed E-state index contributed by atoms with van der Waals surface area (Å²) >= 11 is 0. The molecule has 1 aliphatic rings. The van der Waals surface area contributed by atoms with Gasteiger partial charge < -0.3 is 15.5 Å². The van der Waals surface area contributed by atoms with Crippen molar-refractivity contribution in [2.45, 2.75) is 37.8 Å². The average Bonchev–Trinajstić information content (AvgIpc) is 2.48. The predicted molar refractivity (Wildman–Crippen MR) is 80.6 cm³/mol. The highest BCUT2D eigenvalue weighted by atomic mass is 16.4. The van der Waals surface area contributed by atoms with E-state index in [4.69, 9.17) is 0 Å². The Labute approximate surface area is 122 Å². The molecule has 5 heteroatoms. The zero-order chi connectivity index (χ0) is 14.8. The summed E-state index contributed by atoms with van der Waals surface area (Å²) in [5.41, 5.74) is 0.898. The lowest BCUT2D eigenvalue weighted by atomic mass is 9.92. The van der Waals surface area contributed by atoms with Crippen LogP contribution >= 0.6 is 0 Å². The molecule has 3 N–H and O–H groups in total. The molecule has 1 saturated carbocycles. The number of nitrogens with one attached hydrogen (secondary N) is 1. The maximum absolute atomic E-state index is 11.2. The van der Waals surface area contributed by atoms with Crippen molar-refractivity contribution in [2.75, 3.05) is 5.32 Å². The van der Waals surface area contributed by atoms with E-state index in [-0.39, 0.29) is 17.7 Å². The zero-order valence-electron chi connectivity index (χ0n) is 11.6. The summed E-state index contributed by atoms with van der Waals surface area (Å²) in [5, 5.41) is 23.1. The summed E-state index contributed by atoms with van der Waals surface area (Å²) in [6.07, 6.45) is 3.56. The molecule has 1 aliphatic carbocycles. The van der Waals surface area contributed by atoms with E-state index >= 15 is 0 Å². The van der Waals surface area contributed by atoms with Crippen LogP contribution in [0.2, 0.25) is 0 Å².